The summed E-state index contributed by atoms with van der Waals surface area (Å²) >= 11 is 11.7. The van der Waals surface area contributed by atoms with Crippen LogP contribution in [0.15, 0.2) is 39.6 Å². The molecule has 0 aromatic rings. The molecule has 0 radical (unpaired) electrons. The summed E-state index contributed by atoms with van der Waals surface area (Å²) in [4.78, 5) is 6.57. The van der Waals surface area contributed by atoms with Gasteiger partial charge in [0.2, 0.25) is 0 Å². The number of nitrogens with zero attached hydrogens (tertiary/aromatic N) is 2. The predicted molar refractivity (Wildman–Crippen MR) is 65.3 cm³/mol. The van der Waals surface area contributed by atoms with Gasteiger partial charge in [-0.25, -0.2) is 4.99 Å². The summed E-state index contributed by atoms with van der Waals surface area (Å²) in [7, 11) is 0. The molecular weight excluding hydrogens is 231 g/mol. The van der Waals surface area contributed by atoms with E-state index in [2.05, 4.69) is 9.89 Å². The van der Waals surface area contributed by atoms with Crippen LogP contribution in [0.3, 0.4) is 0 Å². The molecule has 2 rings (SSSR count). The zero-order chi connectivity index (χ0) is 10.8. The highest BCUT2D eigenvalue weighted by molar-refractivity contribution is 6.32. The number of fused-ring (bicyclic) bond motifs is 1. The molecule has 0 bridgehead atoms. The van der Waals surface area contributed by atoms with Crippen LogP contribution in [0.4, 0.5) is 0 Å². The lowest BCUT2D eigenvalue weighted by molar-refractivity contribution is 0.576. The molecule has 2 aliphatic rings. The molecule has 0 amide bonds. The van der Waals surface area contributed by atoms with E-state index >= 15 is 0 Å². The van der Waals surface area contributed by atoms with Gasteiger partial charge in [0.1, 0.15) is 5.84 Å². The lowest BCUT2D eigenvalue weighted by atomic mass is 10.1. The Morgan fingerprint density at radius 2 is 2.27 bits per heavy atom. The Morgan fingerprint density at radius 1 is 1.47 bits per heavy atom. The van der Waals surface area contributed by atoms with Crippen molar-refractivity contribution in [1.82, 2.24) is 4.90 Å². The third kappa shape index (κ3) is 2.27. The van der Waals surface area contributed by atoms with Crippen LogP contribution in [-0.4, -0.2) is 23.2 Å². The van der Waals surface area contributed by atoms with Crippen molar-refractivity contribution in [3.63, 3.8) is 0 Å². The fourth-order valence-electron chi connectivity index (χ4n) is 1.68. The van der Waals surface area contributed by atoms with Crippen LogP contribution in [0.25, 0.3) is 0 Å². The average molecular weight is 243 g/mol. The van der Waals surface area contributed by atoms with E-state index in [9.17, 15) is 0 Å². The number of amidine groups is 1. The SMILES string of the molecule is CC1=C(CCCl)CN2C=C(Cl)C=CC2=N1. The summed E-state index contributed by atoms with van der Waals surface area (Å²) in [5, 5.41) is 0.735. The Balaban J connectivity index is 2.27. The summed E-state index contributed by atoms with van der Waals surface area (Å²) < 4.78 is 0. The molecule has 0 aromatic carbocycles. The smallest absolute Gasteiger partial charge is 0.133 e. The van der Waals surface area contributed by atoms with Crippen LogP contribution in [0.5, 0.6) is 0 Å². The number of hydrogen-bond acceptors (Lipinski definition) is 2. The number of rotatable bonds is 2. The zero-order valence-electron chi connectivity index (χ0n) is 8.50. The molecule has 4 heteroatoms. The maximum absolute atomic E-state index is 5.93. The molecular formula is C11H12Cl2N2. The molecule has 2 aliphatic heterocycles. The van der Waals surface area contributed by atoms with Gasteiger partial charge in [-0.05, 0) is 31.1 Å². The Morgan fingerprint density at radius 3 is 3.00 bits per heavy atom. The second-order valence-electron chi connectivity index (χ2n) is 3.57. The lowest BCUT2D eigenvalue weighted by Gasteiger charge is -2.29. The van der Waals surface area contributed by atoms with Gasteiger partial charge in [-0.3, -0.25) is 0 Å². The van der Waals surface area contributed by atoms with Crippen molar-refractivity contribution in [2.45, 2.75) is 13.3 Å². The van der Waals surface area contributed by atoms with Gasteiger partial charge in [-0.2, -0.15) is 0 Å². The van der Waals surface area contributed by atoms with Gasteiger partial charge in [0.15, 0.2) is 0 Å². The van der Waals surface area contributed by atoms with Gasteiger partial charge >= 0.3 is 0 Å². The number of hydrogen-bond donors (Lipinski definition) is 0. The number of allylic oxidation sites excluding steroid dienone is 3. The topological polar surface area (TPSA) is 15.6 Å². The van der Waals surface area contributed by atoms with Crippen molar-refractivity contribution < 1.29 is 0 Å². The normalized spacial score (nSPS) is 20.1. The number of alkyl halides is 1. The minimum atomic E-state index is 0.638. The van der Waals surface area contributed by atoms with Gasteiger partial charge in [0.25, 0.3) is 0 Å². The molecule has 0 fully saturated rings. The molecule has 0 unspecified atom stereocenters. The largest absolute Gasteiger partial charge is 0.327 e. The van der Waals surface area contributed by atoms with Gasteiger partial charge in [-0.15, -0.1) is 11.6 Å². The minimum absolute atomic E-state index is 0.638. The zero-order valence-corrected chi connectivity index (χ0v) is 10.0. The maximum atomic E-state index is 5.93. The van der Waals surface area contributed by atoms with E-state index in [0.717, 1.165) is 29.5 Å². The average Bonchev–Trinajstić information content (AvgIpc) is 2.20. The minimum Gasteiger partial charge on any atom is -0.327 e. The molecule has 0 atom stereocenters. The third-order valence-corrected chi connectivity index (χ3v) is 2.93. The summed E-state index contributed by atoms with van der Waals surface area (Å²) in [6, 6.07) is 0. The Bertz CT molecular complexity index is 391. The first kappa shape index (κ1) is 10.8. The third-order valence-electron chi connectivity index (χ3n) is 2.52. The predicted octanol–water partition coefficient (Wildman–Crippen LogP) is 3.25. The molecule has 0 saturated heterocycles. The number of halogens is 2. The Kier molecular flexibility index (Phi) is 3.17. The van der Waals surface area contributed by atoms with E-state index in [-0.39, 0.29) is 0 Å². The van der Waals surface area contributed by atoms with E-state index in [0.29, 0.717) is 5.88 Å². The fourth-order valence-corrected chi connectivity index (χ4v) is 2.09. The van der Waals surface area contributed by atoms with Crippen molar-refractivity contribution in [3.8, 4) is 0 Å². The summed E-state index contributed by atoms with van der Waals surface area (Å²) in [6.45, 7) is 2.87. The van der Waals surface area contributed by atoms with Crippen molar-refractivity contribution in [3.05, 3.63) is 34.7 Å². The van der Waals surface area contributed by atoms with E-state index in [4.69, 9.17) is 23.2 Å². The Hall–Kier alpha value is -0.730. The molecule has 0 N–H and O–H groups in total. The lowest BCUT2D eigenvalue weighted by Crippen LogP contribution is -2.31. The highest BCUT2D eigenvalue weighted by Gasteiger charge is 2.18. The summed E-state index contributed by atoms with van der Waals surface area (Å²) in [5.41, 5.74) is 2.36. The van der Waals surface area contributed by atoms with Crippen LogP contribution >= 0.6 is 23.2 Å². The molecule has 0 aliphatic carbocycles. The van der Waals surface area contributed by atoms with E-state index < -0.39 is 0 Å². The van der Waals surface area contributed by atoms with Gasteiger partial charge in [-0.1, -0.05) is 11.6 Å². The van der Waals surface area contributed by atoms with Crippen molar-refractivity contribution >= 4 is 29.0 Å². The molecule has 2 nitrogen and oxygen atoms in total. The Labute approximate surface area is 99.6 Å². The van der Waals surface area contributed by atoms with E-state index in [1.807, 2.05) is 25.3 Å². The molecule has 15 heavy (non-hydrogen) atoms. The monoisotopic (exact) mass is 242 g/mol. The van der Waals surface area contributed by atoms with Crippen molar-refractivity contribution in [2.75, 3.05) is 12.4 Å². The molecule has 0 saturated carbocycles. The first-order valence-corrected chi connectivity index (χ1v) is 5.77. The van der Waals surface area contributed by atoms with Gasteiger partial charge < -0.3 is 4.90 Å². The first-order valence-electron chi connectivity index (χ1n) is 4.86. The van der Waals surface area contributed by atoms with Crippen LogP contribution in [0, 0.1) is 0 Å². The second-order valence-corrected chi connectivity index (χ2v) is 4.39. The van der Waals surface area contributed by atoms with Crippen LogP contribution < -0.4 is 0 Å². The quantitative estimate of drug-likeness (QED) is 0.679. The second kappa shape index (κ2) is 4.42. The molecule has 80 valence electrons. The van der Waals surface area contributed by atoms with Gasteiger partial charge in [0, 0.05) is 24.3 Å². The first-order chi connectivity index (χ1) is 7.20. The highest BCUT2D eigenvalue weighted by atomic mass is 35.5. The molecule has 0 spiro atoms. The summed E-state index contributed by atoms with van der Waals surface area (Å²) in [6.07, 6.45) is 6.58. The van der Waals surface area contributed by atoms with Gasteiger partial charge in [0.05, 0.1) is 5.03 Å². The number of aliphatic imine (C=N–C) groups is 1. The van der Waals surface area contributed by atoms with Crippen molar-refractivity contribution in [1.29, 1.82) is 0 Å². The molecule has 0 aromatic heterocycles. The van der Waals surface area contributed by atoms with Crippen LogP contribution in [-0.2, 0) is 0 Å². The van der Waals surface area contributed by atoms with E-state index in [1.165, 1.54) is 5.57 Å². The fraction of sp³-hybridized carbons (Fsp3) is 0.364. The van der Waals surface area contributed by atoms with Crippen LogP contribution in [0.2, 0.25) is 0 Å². The van der Waals surface area contributed by atoms with Crippen LogP contribution in [0.1, 0.15) is 13.3 Å². The maximum Gasteiger partial charge on any atom is 0.133 e. The highest BCUT2D eigenvalue weighted by Crippen LogP contribution is 2.23. The van der Waals surface area contributed by atoms with E-state index in [1.54, 1.807) is 0 Å². The van der Waals surface area contributed by atoms with Crippen molar-refractivity contribution in [2.24, 2.45) is 4.99 Å². The summed E-state index contributed by atoms with van der Waals surface area (Å²) in [5.74, 6) is 1.59. The standard InChI is InChI=1S/C11H12Cl2N2/c1-8-9(4-5-12)6-15-7-10(13)2-3-11(15)14-8/h2-3,7H,4-6H2,1H3. The molecule has 2 heterocycles.